The molecule has 10 rings (SSSR count). The first-order valence-electron chi connectivity index (χ1n) is 18.4. The van der Waals surface area contributed by atoms with Crippen molar-refractivity contribution in [2.45, 2.75) is 0 Å². The number of fused-ring (bicyclic) bond motifs is 3. The zero-order valence-corrected chi connectivity index (χ0v) is 29.8. The van der Waals surface area contributed by atoms with Gasteiger partial charge in [-0.1, -0.05) is 194 Å². The summed E-state index contributed by atoms with van der Waals surface area (Å²) >= 11 is 0. The summed E-state index contributed by atoms with van der Waals surface area (Å²) < 4.78 is 2.23. The molecular weight excluding hydrogens is 671 g/mol. The van der Waals surface area contributed by atoms with E-state index in [-0.39, 0.29) is 0 Å². The maximum absolute atomic E-state index is 5.21. The summed E-state index contributed by atoms with van der Waals surface area (Å²) in [6.45, 7) is 0. The molecule has 10 aromatic rings. The van der Waals surface area contributed by atoms with Crippen molar-refractivity contribution in [3.8, 4) is 79.1 Å². The Kier molecular flexibility index (Phi) is 8.08. The molecule has 5 heteroatoms. The average Bonchev–Trinajstić information content (AvgIpc) is 3.61. The van der Waals surface area contributed by atoms with Gasteiger partial charge in [0, 0.05) is 38.6 Å². The second-order valence-corrected chi connectivity index (χ2v) is 13.5. The van der Waals surface area contributed by atoms with Gasteiger partial charge in [-0.15, -0.1) is 0 Å². The highest BCUT2D eigenvalue weighted by Gasteiger charge is 2.21. The quantitative estimate of drug-likeness (QED) is 0.166. The van der Waals surface area contributed by atoms with Crippen LogP contribution in [0.3, 0.4) is 0 Å². The normalized spacial score (nSPS) is 11.3. The molecular formula is C50H33N5. The van der Waals surface area contributed by atoms with Crippen LogP contribution in [0.2, 0.25) is 0 Å². The van der Waals surface area contributed by atoms with Gasteiger partial charge in [-0.2, -0.15) is 0 Å². The molecule has 0 radical (unpaired) electrons. The second-order valence-electron chi connectivity index (χ2n) is 13.5. The van der Waals surface area contributed by atoms with Crippen LogP contribution in [0.4, 0.5) is 0 Å². The van der Waals surface area contributed by atoms with E-state index in [9.17, 15) is 0 Å². The summed E-state index contributed by atoms with van der Waals surface area (Å²) in [4.78, 5) is 20.4. The summed E-state index contributed by atoms with van der Waals surface area (Å²) in [7, 11) is 0. The third-order valence-corrected chi connectivity index (χ3v) is 10.1. The smallest absolute Gasteiger partial charge is 0.163 e. The molecule has 0 aliphatic rings. The molecule has 0 aliphatic heterocycles. The summed E-state index contributed by atoms with van der Waals surface area (Å²) in [5.41, 5.74) is 12.2. The third kappa shape index (κ3) is 6.04. The van der Waals surface area contributed by atoms with Gasteiger partial charge in [0.2, 0.25) is 0 Å². The molecule has 0 amide bonds. The molecule has 0 saturated carbocycles. The summed E-state index contributed by atoms with van der Waals surface area (Å²) in [6, 6.07) is 69.1. The second kappa shape index (κ2) is 13.8. The Morgan fingerprint density at radius 3 is 1.24 bits per heavy atom. The van der Waals surface area contributed by atoms with Gasteiger partial charge in [0.25, 0.3) is 0 Å². The largest absolute Gasteiger partial charge is 0.277 e. The van der Waals surface area contributed by atoms with E-state index in [1.807, 2.05) is 60.7 Å². The fraction of sp³-hybridized carbons (Fsp3) is 0. The van der Waals surface area contributed by atoms with Gasteiger partial charge in [-0.3, -0.25) is 4.40 Å². The minimum atomic E-state index is 0.704. The van der Waals surface area contributed by atoms with Crippen LogP contribution in [0.1, 0.15) is 0 Å². The van der Waals surface area contributed by atoms with Crippen LogP contribution in [0.5, 0.6) is 0 Å². The van der Waals surface area contributed by atoms with E-state index in [1.54, 1.807) is 0 Å². The molecule has 0 atom stereocenters. The minimum absolute atomic E-state index is 0.704. The molecule has 0 fully saturated rings. The van der Waals surface area contributed by atoms with Crippen LogP contribution in [0.25, 0.3) is 95.5 Å². The first kappa shape index (κ1) is 32.2. The van der Waals surface area contributed by atoms with Crippen molar-refractivity contribution in [2.75, 3.05) is 0 Å². The van der Waals surface area contributed by atoms with Crippen LogP contribution < -0.4 is 0 Å². The van der Waals surface area contributed by atoms with Gasteiger partial charge in [-0.25, -0.2) is 19.9 Å². The summed E-state index contributed by atoms with van der Waals surface area (Å²) in [6.07, 6.45) is 0. The van der Waals surface area contributed by atoms with Gasteiger partial charge < -0.3 is 0 Å². The number of hydrogen-bond donors (Lipinski definition) is 0. The van der Waals surface area contributed by atoms with Crippen molar-refractivity contribution >= 4 is 16.4 Å². The van der Waals surface area contributed by atoms with Crippen LogP contribution in [-0.2, 0) is 0 Å². The number of nitrogens with zero attached hydrogens (tertiary/aromatic N) is 5. The molecule has 0 spiro atoms. The number of benzene rings is 7. The van der Waals surface area contributed by atoms with E-state index in [0.717, 1.165) is 83.8 Å². The van der Waals surface area contributed by atoms with Gasteiger partial charge in [0.15, 0.2) is 11.6 Å². The van der Waals surface area contributed by atoms with E-state index in [0.29, 0.717) is 11.6 Å². The van der Waals surface area contributed by atoms with Crippen LogP contribution in [0, 0.1) is 0 Å². The monoisotopic (exact) mass is 703 g/mol. The maximum Gasteiger partial charge on any atom is 0.163 e. The van der Waals surface area contributed by atoms with Gasteiger partial charge >= 0.3 is 0 Å². The summed E-state index contributed by atoms with van der Waals surface area (Å²) in [5, 5.41) is 2.22. The molecule has 3 aromatic heterocycles. The Morgan fingerprint density at radius 2 is 0.691 bits per heavy atom. The van der Waals surface area contributed by atoms with Crippen LogP contribution >= 0.6 is 0 Å². The van der Waals surface area contributed by atoms with Crippen molar-refractivity contribution in [2.24, 2.45) is 0 Å². The predicted octanol–water partition coefficient (Wildman–Crippen LogP) is 12.3. The van der Waals surface area contributed by atoms with Crippen molar-refractivity contribution in [1.82, 2.24) is 24.3 Å². The Hall–Kier alpha value is -7.50. The van der Waals surface area contributed by atoms with Gasteiger partial charge in [-0.05, 0) is 22.8 Å². The molecule has 55 heavy (non-hydrogen) atoms. The van der Waals surface area contributed by atoms with Gasteiger partial charge in [0.05, 0.1) is 17.1 Å². The highest BCUT2D eigenvalue weighted by Crippen LogP contribution is 2.38. The third-order valence-electron chi connectivity index (χ3n) is 10.1. The highest BCUT2D eigenvalue weighted by atomic mass is 15.1. The standard InChI is InChI=1S/C50H33N5/c1-5-15-36(16-6-1)44-33-45(52-47(51-44)39-17-7-2-8-18-39)37-29-25-34(26-30-37)35-27-31-38(32-28-35)46-42-23-13-14-24-43(42)50-54-48(40-19-9-3-10-20-40)53-49(55(46)50)41-21-11-4-12-22-41/h1-33H. The SMILES string of the molecule is c1ccc(-c2cc(-c3ccc(-c4ccc(-c5c6ccccc6c6nc(-c7ccccc7)nc(-c7ccccc7)n56)cc4)cc3)nc(-c3ccccc3)n2)cc1. The van der Waals surface area contributed by atoms with Crippen molar-refractivity contribution < 1.29 is 0 Å². The van der Waals surface area contributed by atoms with E-state index < -0.39 is 0 Å². The Morgan fingerprint density at radius 1 is 0.291 bits per heavy atom. The van der Waals surface area contributed by atoms with E-state index in [4.69, 9.17) is 19.9 Å². The number of hydrogen-bond acceptors (Lipinski definition) is 4. The molecule has 0 unspecified atom stereocenters. The molecule has 0 aliphatic carbocycles. The van der Waals surface area contributed by atoms with Crippen molar-refractivity contribution in [3.63, 3.8) is 0 Å². The maximum atomic E-state index is 5.21. The molecule has 0 bridgehead atoms. The molecule has 3 heterocycles. The number of rotatable bonds is 7. The zero-order valence-electron chi connectivity index (χ0n) is 29.8. The first-order valence-corrected chi connectivity index (χ1v) is 18.4. The van der Waals surface area contributed by atoms with E-state index in [2.05, 4.69) is 144 Å². The summed E-state index contributed by atoms with van der Waals surface area (Å²) in [5.74, 6) is 2.26. The molecule has 5 nitrogen and oxygen atoms in total. The highest BCUT2D eigenvalue weighted by molar-refractivity contribution is 6.06. The van der Waals surface area contributed by atoms with Crippen molar-refractivity contribution in [1.29, 1.82) is 0 Å². The molecule has 7 aromatic carbocycles. The lowest BCUT2D eigenvalue weighted by molar-refractivity contribution is 1.05. The Bertz CT molecular complexity index is 2870. The lowest BCUT2D eigenvalue weighted by atomic mass is 9.99. The van der Waals surface area contributed by atoms with E-state index >= 15 is 0 Å². The van der Waals surface area contributed by atoms with Crippen LogP contribution in [-0.4, -0.2) is 24.3 Å². The minimum Gasteiger partial charge on any atom is -0.277 e. The van der Waals surface area contributed by atoms with Crippen molar-refractivity contribution in [3.05, 3.63) is 200 Å². The van der Waals surface area contributed by atoms with Gasteiger partial charge in [0.1, 0.15) is 11.5 Å². The zero-order chi connectivity index (χ0) is 36.6. The Balaban J connectivity index is 1.05. The Labute approximate surface area is 319 Å². The first-order chi connectivity index (χ1) is 27.3. The average molecular weight is 704 g/mol. The van der Waals surface area contributed by atoms with E-state index in [1.165, 1.54) is 0 Å². The molecule has 0 saturated heterocycles. The predicted molar refractivity (Wildman–Crippen MR) is 224 cm³/mol. The van der Waals surface area contributed by atoms with Crippen LogP contribution in [0.15, 0.2) is 200 Å². The topological polar surface area (TPSA) is 56.0 Å². The lowest BCUT2D eigenvalue weighted by Crippen LogP contribution is -2.03. The fourth-order valence-corrected chi connectivity index (χ4v) is 7.33. The number of aromatic nitrogens is 5. The lowest BCUT2D eigenvalue weighted by Gasteiger charge is -2.13. The fourth-order valence-electron chi connectivity index (χ4n) is 7.33. The molecule has 0 N–H and O–H groups in total. The molecule has 258 valence electrons.